The van der Waals surface area contributed by atoms with Gasteiger partial charge in [0.2, 0.25) is 0 Å². The third-order valence-electron chi connectivity index (χ3n) is 3.69. The highest BCUT2D eigenvalue weighted by Gasteiger charge is 2.15. The van der Waals surface area contributed by atoms with Gasteiger partial charge < -0.3 is 5.32 Å². The van der Waals surface area contributed by atoms with E-state index >= 15 is 0 Å². The quantitative estimate of drug-likeness (QED) is 0.848. The fourth-order valence-electron chi connectivity index (χ4n) is 2.38. The van der Waals surface area contributed by atoms with E-state index in [1.54, 1.807) is 0 Å². The molecule has 0 saturated heterocycles. The Labute approximate surface area is 122 Å². The number of anilines is 1. The molecule has 3 nitrogen and oxygen atoms in total. The molecule has 0 fully saturated rings. The van der Waals surface area contributed by atoms with Crippen LogP contribution in [-0.2, 0) is 0 Å². The maximum absolute atomic E-state index is 4.37. The lowest BCUT2D eigenvalue weighted by Gasteiger charge is -2.22. The van der Waals surface area contributed by atoms with Crippen molar-refractivity contribution in [3.8, 4) is 0 Å². The van der Waals surface area contributed by atoms with E-state index in [0.29, 0.717) is 17.9 Å². The smallest absolute Gasteiger partial charge is 0.0726 e. The van der Waals surface area contributed by atoms with Gasteiger partial charge in [-0.3, -0.25) is 4.68 Å². The van der Waals surface area contributed by atoms with Crippen molar-refractivity contribution in [1.82, 2.24) is 9.78 Å². The average molecular weight is 271 g/mol. The van der Waals surface area contributed by atoms with E-state index < -0.39 is 0 Å². The number of benzene rings is 1. The second-order valence-electron chi connectivity index (χ2n) is 5.94. The molecule has 3 heteroatoms. The van der Waals surface area contributed by atoms with Crippen LogP contribution in [0.5, 0.6) is 0 Å². The number of rotatable bonds is 6. The minimum atomic E-state index is 0.403. The fraction of sp³-hybridized carbons (Fsp3) is 0.471. The lowest BCUT2D eigenvalue weighted by molar-refractivity contribution is 0.516. The summed E-state index contributed by atoms with van der Waals surface area (Å²) in [6, 6.07) is 11.1. The van der Waals surface area contributed by atoms with Crippen LogP contribution in [0.2, 0.25) is 0 Å². The number of nitrogens with zero attached hydrogens (tertiary/aromatic N) is 2. The summed E-state index contributed by atoms with van der Waals surface area (Å²) in [6.45, 7) is 9.76. The normalized spacial score (nSPS) is 12.9. The van der Waals surface area contributed by atoms with Gasteiger partial charge in [-0.1, -0.05) is 44.2 Å². The second-order valence-corrected chi connectivity index (χ2v) is 5.94. The van der Waals surface area contributed by atoms with Gasteiger partial charge in [0.1, 0.15) is 0 Å². The van der Waals surface area contributed by atoms with Gasteiger partial charge in [-0.25, -0.2) is 0 Å². The van der Waals surface area contributed by atoms with Crippen molar-refractivity contribution in [2.45, 2.75) is 39.7 Å². The van der Waals surface area contributed by atoms with Crippen LogP contribution < -0.4 is 5.32 Å². The molecule has 1 atom stereocenters. The number of hydrogen-bond donors (Lipinski definition) is 1. The lowest BCUT2D eigenvalue weighted by Crippen LogP contribution is -2.17. The molecule has 0 radical (unpaired) electrons. The first kappa shape index (κ1) is 14.6. The van der Waals surface area contributed by atoms with E-state index in [2.05, 4.69) is 74.6 Å². The molecule has 1 aromatic heterocycles. The molecule has 108 valence electrons. The van der Waals surface area contributed by atoms with Gasteiger partial charge in [-0.05, 0) is 25.3 Å². The van der Waals surface area contributed by atoms with Crippen molar-refractivity contribution in [2.24, 2.45) is 5.92 Å². The monoisotopic (exact) mass is 271 g/mol. The Bertz CT molecular complexity index is 514. The highest BCUT2D eigenvalue weighted by Crippen LogP contribution is 2.24. The largest absolute Gasteiger partial charge is 0.382 e. The highest BCUT2D eigenvalue weighted by molar-refractivity contribution is 5.39. The molecular formula is C17H25N3. The van der Waals surface area contributed by atoms with Crippen molar-refractivity contribution in [2.75, 3.05) is 11.9 Å². The number of hydrogen-bond acceptors (Lipinski definition) is 2. The first-order valence-corrected chi connectivity index (χ1v) is 7.41. The van der Waals surface area contributed by atoms with Gasteiger partial charge in [0.25, 0.3) is 0 Å². The molecule has 2 rings (SSSR count). The first-order valence-electron chi connectivity index (χ1n) is 7.41. The van der Waals surface area contributed by atoms with Gasteiger partial charge in [0, 0.05) is 24.7 Å². The molecular weight excluding hydrogens is 246 g/mol. The molecule has 1 unspecified atom stereocenters. The third kappa shape index (κ3) is 3.62. The zero-order valence-corrected chi connectivity index (χ0v) is 12.9. The molecule has 0 amide bonds. The molecule has 0 aliphatic carbocycles. The summed E-state index contributed by atoms with van der Waals surface area (Å²) < 4.78 is 1.98. The van der Waals surface area contributed by atoms with E-state index in [9.17, 15) is 0 Å². The van der Waals surface area contributed by atoms with E-state index in [0.717, 1.165) is 12.2 Å². The second kappa shape index (κ2) is 6.60. The summed E-state index contributed by atoms with van der Waals surface area (Å²) >= 11 is 0. The standard InChI is InChI=1S/C17H25N3/c1-13(2)17(15-8-6-5-7-9-15)11-18-16-10-19-20(12-16)14(3)4/h5-10,12-14,17-18H,11H2,1-4H3. The molecule has 2 aromatic rings. The van der Waals surface area contributed by atoms with E-state index in [1.807, 2.05) is 10.9 Å². The minimum Gasteiger partial charge on any atom is -0.382 e. The molecule has 20 heavy (non-hydrogen) atoms. The SMILES string of the molecule is CC(C)C(CNc1cnn(C(C)C)c1)c1ccccc1. The van der Waals surface area contributed by atoms with Crippen LogP contribution in [0, 0.1) is 5.92 Å². The predicted molar refractivity (Wildman–Crippen MR) is 85.1 cm³/mol. The Kier molecular flexibility index (Phi) is 4.83. The zero-order valence-electron chi connectivity index (χ0n) is 12.9. The molecule has 1 N–H and O–H groups in total. The van der Waals surface area contributed by atoms with Crippen molar-refractivity contribution < 1.29 is 0 Å². The molecule has 0 spiro atoms. The molecule has 0 bridgehead atoms. The molecule has 1 aromatic carbocycles. The maximum atomic E-state index is 4.37. The first-order chi connectivity index (χ1) is 9.58. The highest BCUT2D eigenvalue weighted by atomic mass is 15.3. The molecule has 0 saturated carbocycles. The maximum Gasteiger partial charge on any atom is 0.0726 e. The third-order valence-corrected chi connectivity index (χ3v) is 3.69. The molecule has 0 aliphatic heterocycles. The van der Waals surface area contributed by atoms with Crippen LogP contribution in [-0.4, -0.2) is 16.3 Å². The molecule has 1 heterocycles. The van der Waals surface area contributed by atoms with Crippen molar-refractivity contribution in [3.05, 3.63) is 48.3 Å². The summed E-state index contributed by atoms with van der Waals surface area (Å²) in [6.07, 6.45) is 3.98. The van der Waals surface area contributed by atoms with Crippen LogP contribution in [0.1, 0.15) is 45.2 Å². The topological polar surface area (TPSA) is 29.9 Å². The summed E-state index contributed by atoms with van der Waals surface area (Å²) in [7, 11) is 0. The van der Waals surface area contributed by atoms with E-state index in [1.165, 1.54) is 5.56 Å². The minimum absolute atomic E-state index is 0.403. The van der Waals surface area contributed by atoms with E-state index in [4.69, 9.17) is 0 Å². The number of nitrogens with one attached hydrogen (secondary N) is 1. The van der Waals surface area contributed by atoms with Crippen LogP contribution in [0.15, 0.2) is 42.7 Å². The van der Waals surface area contributed by atoms with Gasteiger partial charge in [-0.15, -0.1) is 0 Å². The summed E-state index contributed by atoms with van der Waals surface area (Å²) in [5.74, 6) is 1.11. The van der Waals surface area contributed by atoms with Crippen LogP contribution >= 0.6 is 0 Å². The lowest BCUT2D eigenvalue weighted by atomic mass is 9.88. The van der Waals surface area contributed by atoms with Crippen LogP contribution in [0.4, 0.5) is 5.69 Å². The van der Waals surface area contributed by atoms with Gasteiger partial charge >= 0.3 is 0 Å². The Hall–Kier alpha value is -1.77. The fourth-order valence-corrected chi connectivity index (χ4v) is 2.38. The molecule has 0 aliphatic rings. The van der Waals surface area contributed by atoms with Crippen molar-refractivity contribution in [3.63, 3.8) is 0 Å². The summed E-state index contributed by atoms with van der Waals surface area (Å²) in [5.41, 5.74) is 2.49. The Morgan fingerprint density at radius 2 is 1.80 bits per heavy atom. The van der Waals surface area contributed by atoms with Gasteiger partial charge in [0.15, 0.2) is 0 Å². The van der Waals surface area contributed by atoms with Crippen LogP contribution in [0.25, 0.3) is 0 Å². The Balaban J connectivity index is 2.02. The Morgan fingerprint density at radius 1 is 1.10 bits per heavy atom. The van der Waals surface area contributed by atoms with E-state index in [-0.39, 0.29) is 0 Å². The Morgan fingerprint density at radius 3 is 2.35 bits per heavy atom. The van der Waals surface area contributed by atoms with Crippen molar-refractivity contribution in [1.29, 1.82) is 0 Å². The predicted octanol–water partition coefficient (Wildman–Crippen LogP) is 4.32. The summed E-state index contributed by atoms with van der Waals surface area (Å²) in [5, 5.41) is 7.88. The number of aromatic nitrogens is 2. The average Bonchev–Trinajstić information content (AvgIpc) is 2.89. The zero-order chi connectivity index (χ0) is 14.5. The van der Waals surface area contributed by atoms with Gasteiger partial charge in [-0.2, -0.15) is 5.10 Å². The van der Waals surface area contributed by atoms with Crippen LogP contribution in [0.3, 0.4) is 0 Å². The summed E-state index contributed by atoms with van der Waals surface area (Å²) in [4.78, 5) is 0. The van der Waals surface area contributed by atoms with Gasteiger partial charge in [0.05, 0.1) is 11.9 Å². The van der Waals surface area contributed by atoms with Crippen molar-refractivity contribution >= 4 is 5.69 Å².